The van der Waals surface area contributed by atoms with Crippen LogP contribution >= 0.6 is 0 Å². The quantitative estimate of drug-likeness (QED) is 0.692. The molecule has 1 unspecified atom stereocenters. The Morgan fingerprint density at radius 3 is 2.16 bits per heavy atom. The van der Waals surface area contributed by atoms with Crippen molar-refractivity contribution in [1.29, 1.82) is 0 Å². The van der Waals surface area contributed by atoms with Crippen molar-refractivity contribution in [3.05, 3.63) is 0 Å². The van der Waals surface area contributed by atoms with Crippen molar-refractivity contribution in [2.75, 3.05) is 6.54 Å². The summed E-state index contributed by atoms with van der Waals surface area (Å²) in [5, 5.41) is 14.2. The van der Waals surface area contributed by atoms with Crippen molar-refractivity contribution in [2.45, 2.75) is 53.5 Å². The van der Waals surface area contributed by atoms with Gasteiger partial charge in [-0.05, 0) is 30.1 Å². The number of carbonyl (C=O) groups excluding carboxylic acids is 1. The number of carboxylic acids is 1. The van der Waals surface area contributed by atoms with Gasteiger partial charge in [0, 0.05) is 19.0 Å². The summed E-state index contributed by atoms with van der Waals surface area (Å²) >= 11 is 0. The van der Waals surface area contributed by atoms with Crippen molar-refractivity contribution in [2.24, 2.45) is 16.7 Å². The molecule has 1 aliphatic rings. The molecule has 0 aromatic carbocycles. The van der Waals surface area contributed by atoms with Crippen molar-refractivity contribution in [1.82, 2.24) is 10.6 Å². The molecule has 0 radical (unpaired) electrons. The molecule has 1 atom stereocenters. The lowest BCUT2D eigenvalue weighted by Crippen LogP contribution is -2.42. The highest BCUT2D eigenvalue weighted by molar-refractivity contribution is 5.74. The first-order valence-electron chi connectivity index (χ1n) is 6.85. The molecule has 110 valence electrons. The first kappa shape index (κ1) is 15.8. The van der Waals surface area contributed by atoms with Gasteiger partial charge in [-0.15, -0.1) is 0 Å². The summed E-state index contributed by atoms with van der Waals surface area (Å²) < 4.78 is 0. The second-order valence-corrected chi connectivity index (χ2v) is 6.68. The van der Waals surface area contributed by atoms with Crippen LogP contribution in [-0.2, 0) is 4.79 Å². The topological polar surface area (TPSA) is 78.4 Å². The molecule has 0 heterocycles. The van der Waals surface area contributed by atoms with Crippen LogP contribution in [0.5, 0.6) is 0 Å². The first-order chi connectivity index (χ1) is 8.59. The van der Waals surface area contributed by atoms with E-state index in [1.165, 1.54) is 0 Å². The van der Waals surface area contributed by atoms with Gasteiger partial charge in [0.25, 0.3) is 0 Å². The molecule has 0 aromatic rings. The fourth-order valence-electron chi connectivity index (χ4n) is 2.73. The van der Waals surface area contributed by atoms with Gasteiger partial charge in [0.2, 0.25) is 0 Å². The molecule has 0 bridgehead atoms. The average Bonchev–Trinajstić information content (AvgIpc) is 2.64. The van der Waals surface area contributed by atoms with E-state index >= 15 is 0 Å². The number of carbonyl (C=O) groups is 2. The van der Waals surface area contributed by atoms with E-state index in [9.17, 15) is 9.59 Å². The summed E-state index contributed by atoms with van der Waals surface area (Å²) in [4.78, 5) is 22.1. The lowest BCUT2D eigenvalue weighted by Gasteiger charge is -2.14. The van der Waals surface area contributed by atoms with Gasteiger partial charge < -0.3 is 15.7 Å². The molecule has 0 spiro atoms. The molecule has 19 heavy (non-hydrogen) atoms. The molecule has 5 nitrogen and oxygen atoms in total. The third-order valence-corrected chi connectivity index (χ3v) is 4.96. The maximum Gasteiger partial charge on any atom is 0.315 e. The number of rotatable bonds is 6. The van der Waals surface area contributed by atoms with E-state index in [0.717, 1.165) is 0 Å². The molecule has 0 saturated heterocycles. The minimum Gasteiger partial charge on any atom is -0.481 e. The molecule has 1 saturated carbocycles. The van der Waals surface area contributed by atoms with Gasteiger partial charge in [0.05, 0.1) is 0 Å². The Labute approximate surface area is 115 Å². The van der Waals surface area contributed by atoms with Gasteiger partial charge >= 0.3 is 12.0 Å². The largest absolute Gasteiger partial charge is 0.481 e. The van der Waals surface area contributed by atoms with E-state index in [-0.39, 0.29) is 29.3 Å². The lowest BCUT2D eigenvalue weighted by molar-refractivity contribution is -0.137. The molecule has 0 aromatic heterocycles. The molecule has 1 aliphatic carbocycles. The number of carboxylic acid groups (broad SMARTS) is 1. The molecule has 1 rings (SSSR count). The molecule has 1 fully saturated rings. The molecular formula is C14H26N2O3. The summed E-state index contributed by atoms with van der Waals surface area (Å²) in [5.41, 5.74) is 0.518. The Balaban J connectivity index is 2.24. The third kappa shape index (κ3) is 3.61. The van der Waals surface area contributed by atoms with E-state index in [0.29, 0.717) is 18.9 Å². The maximum atomic E-state index is 11.7. The highest BCUT2D eigenvalue weighted by Gasteiger charge is 2.64. The van der Waals surface area contributed by atoms with Gasteiger partial charge in [-0.25, -0.2) is 4.79 Å². The number of aliphatic carboxylic acids is 1. The van der Waals surface area contributed by atoms with Crippen LogP contribution < -0.4 is 10.6 Å². The maximum absolute atomic E-state index is 11.7. The Kier molecular flexibility index (Phi) is 4.48. The Hall–Kier alpha value is -1.26. The van der Waals surface area contributed by atoms with Crippen molar-refractivity contribution < 1.29 is 14.7 Å². The Morgan fingerprint density at radius 2 is 1.74 bits per heavy atom. The summed E-state index contributed by atoms with van der Waals surface area (Å²) in [6, 6.07) is -0.340. The van der Waals surface area contributed by atoms with E-state index in [1.54, 1.807) is 0 Å². The van der Waals surface area contributed by atoms with Gasteiger partial charge in [0.15, 0.2) is 0 Å². The van der Waals surface area contributed by atoms with E-state index in [4.69, 9.17) is 5.11 Å². The summed E-state index contributed by atoms with van der Waals surface area (Å²) in [6.45, 7) is 11.3. The summed E-state index contributed by atoms with van der Waals surface area (Å²) in [6.07, 6.45) is 0.521. The van der Waals surface area contributed by atoms with Gasteiger partial charge in [0.1, 0.15) is 0 Å². The van der Waals surface area contributed by atoms with Crippen molar-refractivity contribution >= 4 is 12.0 Å². The number of amides is 2. The van der Waals surface area contributed by atoms with Crippen LogP contribution in [0, 0.1) is 16.7 Å². The minimum absolute atomic E-state index is 0.0735. The van der Waals surface area contributed by atoms with Crippen LogP contribution in [-0.4, -0.2) is 29.7 Å². The van der Waals surface area contributed by atoms with Crippen LogP contribution in [0.3, 0.4) is 0 Å². The standard InChI is InChI=1S/C14H26N2O3/c1-9(6-7-11(17)18)16-12(19)15-8-10-13(2,3)14(10,4)5/h9-10H,6-8H2,1-5H3,(H,17,18)(H2,15,16,19). The second-order valence-electron chi connectivity index (χ2n) is 6.68. The lowest BCUT2D eigenvalue weighted by atomic mass is 10.0. The molecule has 3 N–H and O–H groups in total. The zero-order valence-corrected chi connectivity index (χ0v) is 12.5. The smallest absolute Gasteiger partial charge is 0.315 e. The fraction of sp³-hybridized carbons (Fsp3) is 0.857. The Morgan fingerprint density at radius 1 is 1.21 bits per heavy atom. The van der Waals surface area contributed by atoms with Gasteiger partial charge in [-0.3, -0.25) is 4.79 Å². The van der Waals surface area contributed by atoms with Gasteiger partial charge in [-0.2, -0.15) is 0 Å². The highest BCUT2D eigenvalue weighted by atomic mass is 16.4. The van der Waals surface area contributed by atoms with Crippen LogP contribution in [0.2, 0.25) is 0 Å². The molecular weight excluding hydrogens is 244 g/mol. The second kappa shape index (κ2) is 5.39. The minimum atomic E-state index is -0.837. The van der Waals surface area contributed by atoms with Crippen LogP contribution in [0.15, 0.2) is 0 Å². The predicted molar refractivity (Wildman–Crippen MR) is 73.9 cm³/mol. The van der Waals surface area contributed by atoms with Crippen molar-refractivity contribution in [3.63, 3.8) is 0 Å². The molecule has 0 aliphatic heterocycles. The predicted octanol–water partition coefficient (Wildman–Crippen LogP) is 2.22. The third-order valence-electron chi connectivity index (χ3n) is 4.96. The first-order valence-corrected chi connectivity index (χ1v) is 6.85. The van der Waals surface area contributed by atoms with E-state index in [1.807, 2.05) is 6.92 Å². The number of nitrogens with one attached hydrogen (secondary N) is 2. The highest BCUT2D eigenvalue weighted by Crippen LogP contribution is 2.67. The van der Waals surface area contributed by atoms with Gasteiger partial charge in [-0.1, -0.05) is 27.7 Å². The zero-order valence-electron chi connectivity index (χ0n) is 12.5. The number of hydrogen-bond acceptors (Lipinski definition) is 2. The molecule has 2 amide bonds. The zero-order chi connectivity index (χ0) is 14.8. The summed E-state index contributed by atoms with van der Waals surface area (Å²) in [7, 11) is 0. The molecule has 5 heteroatoms. The Bertz CT molecular complexity index is 350. The summed E-state index contributed by atoms with van der Waals surface area (Å²) in [5.74, 6) is -0.351. The van der Waals surface area contributed by atoms with Crippen LogP contribution in [0.4, 0.5) is 4.79 Å². The fourth-order valence-corrected chi connectivity index (χ4v) is 2.73. The van der Waals surface area contributed by atoms with Crippen LogP contribution in [0.25, 0.3) is 0 Å². The van der Waals surface area contributed by atoms with E-state index < -0.39 is 5.97 Å². The monoisotopic (exact) mass is 270 g/mol. The number of urea groups is 1. The number of hydrogen-bond donors (Lipinski definition) is 3. The SMILES string of the molecule is CC(CCC(=O)O)NC(=O)NCC1C(C)(C)C1(C)C. The normalized spacial score (nSPS) is 21.5. The van der Waals surface area contributed by atoms with Crippen molar-refractivity contribution in [3.8, 4) is 0 Å². The van der Waals surface area contributed by atoms with Crippen LogP contribution in [0.1, 0.15) is 47.5 Å². The van der Waals surface area contributed by atoms with E-state index in [2.05, 4.69) is 38.3 Å². The average molecular weight is 270 g/mol.